The van der Waals surface area contributed by atoms with E-state index in [1.54, 1.807) is 31.9 Å². The summed E-state index contributed by atoms with van der Waals surface area (Å²) in [5, 5.41) is 35.0. The van der Waals surface area contributed by atoms with Crippen molar-refractivity contribution in [3.8, 4) is 11.5 Å². The van der Waals surface area contributed by atoms with Gasteiger partial charge in [-0.25, -0.2) is 4.98 Å². The number of nitrogens with one attached hydrogen (secondary N) is 2. The van der Waals surface area contributed by atoms with E-state index in [0.29, 0.717) is 22.6 Å². The van der Waals surface area contributed by atoms with Crippen molar-refractivity contribution in [2.75, 3.05) is 24.3 Å². The molecule has 0 bridgehead atoms. The van der Waals surface area contributed by atoms with Crippen LogP contribution >= 0.6 is 0 Å². The zero-order chi connectivity index (χ0) is 27.9. The molecule has 0 radical (unpaired) electrons. The van der Waals surface area contributed by atoms with Gasteiger partial charge in [0.05, 0.1) is 23.8 Å². The molecule has 0 aliphatic carbocycles. The summed E-state index contributed by atoms with van der Waals surface area (Å²) in [5.41, 5.74) is 1.77. The summed E-state index contributed by atoms with van der Waals surface area (Å²) in [7, 11) is 1.79. The van der Waals surface area contributed by atoms with Crippen molar-refractivity contribution in [3.63, 3.8) is 0 Å². The molecule has 2 aromatic carbocycles. The smallest absolute Gasteiger partial charge is 0.254 e. The molecule has 3 heterocycles. The molecular formula is C28H31N7O4. The first-order chi connectivity index (χ1) is 18.5. The molecule has 2 aromatic heterocycles. The van der Waals surface area contributed by atoms with E-state index in [-0.39, 0.29) is 30.2 Å². The molecule has 4 aromatic rings. The molecule has 1 amide bonds. The highest BCUT2D eigenvalue weighted by Gasteiger charge is 2.40. The molecule has 0 spiro atoms. The fraction of sp³-hybridized carbons (Fsp3) is 0.321. The average Bonchev–Trinajstić information content (AvgIpc) is 3.47. The minimum absolute atomic E-state index is 0.0189. The van der Waals surface area contributed by atoms with Gasteiger partial charge in [0.1, 0.15) is 11.4 Å². The van der Waals surface area contributed by atoms with Crippen LogP contribution in [0.2, 0.25) is 0 Å². The number of benzene rings is 2. The minimum Gasteiger partial charge on any atom is -0.417 e. The molecule has 4 N–H and O–H groups in total. The number of fused-ring (bicyclic) bond motifs is 1. The van der Waals surface area contributed by atoms with E-state index in [0.717, 1.165) is 11.1 Å². The first kappa shape index (κ1) is 26.3. The van der Waals surface area contributed by atoms with Crippen LogP contribution in [0.3, 0.4) is 0 Å². The SMILES string of the molecule is CN1C(=O)c2ccc(Nc3ncc(-c4nnc(C(C)(C)O)o4)c(N[C@H](CO)c4ccccc4)n3)cc2C1(C)C. The number of carbonyl (C=O) groups is 1. The maximum atomic E-state index is 12.6. The van der Waals surface area contributed by atoms with E-state index in [1.165, 1.54) is 6.20 Å². The lowest BCUT2D eigenvalue weighted by molar-refractivity contribution is 0.0487. The molecular weight excluding hydrogens is 498 g/mol. The fourth-order valence-electron chi connectivity index (χ4n) is 4.43. The third-order valence-electron chi connectivity index (χ3n) is 6.97. The lowest BCUT2D eigenvalue weighted by Crippen LogP contribution is -2.35. The van der Waals surface area contributed by atoms with Gasteiger partial charge < -0.3 is 30.2 Å². The highest BCUT2D eigenvalue weighted by Crippen LogP contribution is 2.39. The van der Waals surface area contributed by atoms with Gasteiger partial charge in [0.2, 0.25) is 11.8 Å². The number of aliphatic hydroxyl groups is 2. The lowest BCUT2D eigenvalue weighted by Gasteiger charge is -2.28. The number of rotatable bonds is 8. The number of anilines is 3. The lowest BCUT2D eigenvalue weighted by atomic mass is 9.93. The second-order valence-electron chi connectivity index (χ2n) is 10.5. The summed E-state index contributed by atoms with van der Waals surface area (Å²) >= 11 is 0. The number of nitrogens with zero attached hydrogens (tertiary/aromatic N) is 5. The van der Waals surface area contributed by atoms with Crippen molar-refractivity contribution < 1.29 is 19.4 Å². The fourth-order valence-corrected chi connectivity index (χ4v) is 4.43. The van der Waals surface area contributed by atoms with Crippen molar-refractivity contribution in [1.82, 2.24) is 25.1 Å². The number of aromatic nitrogens is 4. The molecule has 39 heavy (non-hydrogen) atoms. The maximum Gasteiger partial charge on any atom is 0.254 e. The summed E-state index contributed by atoms with van der Waals surface area (Å²) in [6.45, 7) is 6.90. The topological polar surface area (TPSA) is 150 Å². The molecule has 202 valence electrons. The minimum atomic E-state index is -1.32. The third-order valence-corrected chi connectivity index (χ3v) is 6.97. The summed E-state index contributed by atoms with van der Waals surface area (Å²) in [6, 6.07) is 14.5. The number of amides is 1. The van der Waals surface area contributed by atoms with Crippen LogP contribution in [-0.4, -0.2) is 54.8 Å². The van der Waals surface area contributed by atoms with Crippen molar-refractivity contribution >= 4 is 23.4 Å². The van der Waals surface area contributed by atoms with Crippen LogP contribution in [0.25, 0.3) is 11.5 Å². The molecule has 0 fully saturated rings. The van der Waals surface area contributed by atoms with Gasteiger partial charge >= 0.3 is 0 Å². The monoisotopic (exact) mass is 529 g/mol. The van der Waals surface area contributed by atoms with Crippen LogP contribution in [0.1, 0.15) is 61.1 Å². The predicted octanol–water partition coefficient (Wildman–Crippen LogP) is 3.96. The molecule has 1 atom stereocenters. The molecule has 5 rings (SSSR count). The number of hydrogen-bond acceptors (Lipinski definition) is 10. The van der Waals surface area contributed by atoms with Gasteiger partial charge in [-0.3, -0.25) is 4.79 Å². The second kappa shape index (κ2) is 9.75. The molecule has 0 saturated heterocycles. The number of carbonyl (C=O) groups excluding carboxylic acids is 1. The predicted molar refractivity (Wildman–Crippen MR) is 145 cm³/mol. The number of aliphatic hydroxyl groups excluding tert-OH is 1. The summed E-state index contributed by atoms with van der Waals surface area (Å²) in [5.74, 6) is 0.774. The summed E-state index contributed by atoms with van der Waals surface area (Å²) in [4.78, 5) is 23.5. The van der Waals surface area contributed by atoms with Crippen LogP contribution in [0.15, 0.2) is 59.1 Å². The molecule has 11 nitrogen and oxygen atoms in total. The Hall–Kier alpha value is -4.35. The molecule has 0 unspecified atom stereocenters. The zero-order valence-corrected chi connectivity index (χ0v) is 22.4. The van der Waals surface area contributed by atoms with Gasteiger partial charge in [-0.1, -0.05) is 30.3 Å². The normalized spacial score (nSPS) is 15.3. The van der Waals surface area contributed by atoms with Crippen LogP contribution in [0.5, 0.6) is 0 Å². The van der Waals surface area contributed by atoms with E-state index in [2.05, 4.69) is 30.8 Å². The highest BCUT2D eigenvalue weighted by atomic mass is 16.4. The van der Waals surface area contributed by atoms with E-state index >= 15 is 0 Å². The Balaban J connectivity index is 1.52. The van der Waals surface area contributed by atoms with Crippen LogP contribution in [0.4, 0.5) is 17.5 Å². The highest BCUT2D eigenvalue weighted by molar-refractivity contribution is 6.00. The van der Waals surface area contributed by atoms with Gasteiger partial charge in [-0.2, -0.15) is 4.98 Å². The van der Waals surface area contributed by atoms with Crippen LogP contribution < -0.4 is 10.6 Å². The first-order valence-corrected chi connectivity index (χ1v) is 12.5. The molecule has 1 aliphatic heterocycles. The zero-order valence-electron chi connectivity index (χ0n) is 22.4. The third kappa shape index (κ3) is 4.93. The quantitative estimate of drug-likeness (QED) is 0.264. The average molecular weight is 530 g/mol. The van der Waals surface area contributed by atoms with Crippen molar-refractivity contribution in [1.29, 1.82) is 0 Å². The molecule has 1 aliphatic rings. The van der Waals surface area contributed by atoms with Gasteiger partial charge in [-0.05, 0) is 57.0 Å². The molecule has 11 heteroatoms. The maximum absolute atomic E-state index is 12.6. The largest absolute Gasteiger partial charge is 0.417 e. The summed E-state index contributed by atoms with van der Waals surface area (Å²) < 4.78 is 5.74. The Morgan fingerprint density at radius 2 is 1.85 bits per heavy atom. The standard InChI is InChI=1S/C28H31N7O4/c1-27(2)20-13-17(11-12-18(20)24(37)35(27)5)30-26-29-14-19(23-33-34-25(39-23)28(3,4)38)22(32-26)31-21(15-36)16-9-7-6-8-10-16/h6-14,21,36,38H,15H2,1-5H3,(H2,29,30,31,32)/t21-/m1/s1. The van der Waals surface area contributed by atoms with Gasteiger partial charge in [-0.15, -0.1) is 10.2 Å². The first-order valence-electron chi connectivity index (χ1n) is 12.5. The van der Waals surface area contributed by atoms with E-state index < -0.39 is 17.2 Å². The Bertz CT molecular complexity index is 1510. The van der Waals surface area contributed by atoms with Crippen molar-refractivity contribution in [2.45, 2.75) is 44.9 Å². The Labute approximate surface area is 225 Å². The van der Waals surface area contributed by atoms with Gasteiger partial charge in [0.25, 0.3) is 11.8 Å². The Morgan fingerprint density at radius 1 is 1.10 bits per heavy atom. The summed E-state index contributed by atoms with van der Waals surface area (Å²) in [6.07, 6.45) is 1.54. The van der Waals surface area contributed by atoms with E-state index in [1.807, 2.05) is 56.3 Å². The second-order valence-corrected chi connectivity index (χ2v) is 10.5. The van der Waals surface area contributed by atoms with Gasteiger partial charge in [0.15, 0.2) is 0 Å². The Morgan fingerprint density at radius 3 is 2.51 bits per heavy atom. The number of hydrogen-bond donors (Lipinski definition) is 4. The van der Waals surface area contributed by atoms with Crippen LogP contribution in [-0.2, 0) is 11.1 Å². The van der Waals surface area contributed by atoms with Crippen LogP contribution in [0, 0.1) is 0 Å². The molecule has 0 saturated carbocycles. The Kier molecular flexibility index (Phi) is 6.57. The van der Waals surface area contributed by atoms with Crippen molar-refractivity contribution in [3.05, 3.63) is 77.3 Å². The van der Waals surface area contributed by atoms with E-state index in [4.69, 9.17) is 4.42 Å². The van der Waals surface area contributed by atoms with Gasteiger partial charge in [0, 0.05) is 24.5 Å². The van der Waals surface area contributed by atoms with E-state index in [9.17, 15) is 15.0 Å². The van der Waals surface area contributed by atoms with Crippen molar-refractivity contribution in [2.24, 2.45) is 0 Å².